The number of aliphatic carboxylic acids is 1. The molecule has 1 aliphatic heterocycles. The summed E-state index contributed by atoms with van der Waals surface area (Å²) in [4.78, 5) is 52.6. The van der Waals surface area contributed by atoms with E-state index in [0.717, 1.165) is 13.0 Å². The number of carboxylic acids is 1. The van der Waals surface area contributed by atoms with E-state index in [0.29, 0.717) is 0 Å². The van der Waals surface area contributed by atoms with Gasteiger partial charge >= 0.3 is 18.2 Å². The Morgan fingerprint density at radius 2 is 1.51 bits per heavy atom. The third-order valence-electron chi connectivity index (χ3n) is 4.32. The Morgan fingerprint density at radius 1 is 1.03 bits per heavy atom. The number of carboxylic acid groups (broad SMARTS) is 1. The number of hydrogen-bond donors (Lipinski definition) is 7. The third-order valence-corrected chi connectivity index (χ3v) is 4.32. The van der Waals surface area contributed by atoms with Crippen molar-refractivity contribution in [2.45, 2.75) is 90.1 Å². The highest BCUT2D eigenvalue weighted by Crippen LogP contribution is 2.25. The summed E-state index contributed by atoms with van der Waals surface area (Å²) in [6.07, 6.45) is -6.34. The summed E-state index contributed by atoms with van der Waals surface area (Å²) in [5.41, 5.74) is -1.85. The first-order valence-electron chi connectivity index (χ1n) is 11.3. The molecule has 0 saturated carbocycles. The zero-order valence-electron chi connectivity index (χ0n) is 21.8. The van der Waals surface area contributed by atoms with Crippen LogP contribution in [0.5, 0.6) is 0 Å². The van der Waals surface area contributed by atoms with E-state index in [-0.39, 0.29) is 0 Å². The van der Waals surface area contributed by atoms with Gasteiger partial charge in [-0.1, -0.05) is 0 Å². The summed E-state index contributed by atoms with van der Waals surface area (Å²) in [6.45, 7) is 9.78. The van der Waals surface area contributed by atoms with Crippen LogP contribution in [-0.4, -0.2) is 98.7 Å². The van der Waals surface area contributed by atoms with Crippen LogP contribution in [0.1, 0.15) is 48.5 Å². The van der Waals surface area contributed by atoms with Crippen LogP contribution in [0.25, 0.3) is 0 Å². The van der Waals surface area contributed by atoms with Crippen LogP contribution < -0.4 is 16.0 Å². The average molecular weight is 533 g/mol. The number of aliphatic imine (C=N–C) groups is 1. The number of aliphatic hydroxyl groups excluding tert-OH is 3. The van der Waals surface area contributed by atoms with Crippen molar-refractivity contribution in [1.82, 2.24) is 16.0 Å². The van der Waals surface area contributed by atoms with E-state index in [1.165, 1.54) is 0 Å². The minimum absolute atomic E-state index is 0.539. The van der Waals surface area contributed by atoms with Gasteiger partial charge in [-0.05, 0) is 47.6 Å². The zero-order chi connectivity index (χ0) is 28.7. The molecule has 15 nitrogen and oxygen atoms in total. The van der Waals surface area contributed by atoms with Crippen molar-refractivity contribution in [2.75, 3.05) is 6.61 Å². The highest BCUT2D eigenvalue weighted by molar-refractivity contribution is 6.01. The lowest BCUT2D eigenvalue weighted by atomic mass is 9.92. The Morgan fingerprint density at radius 3 is 1.89 bits per heavy atom. The van der Waals surface area contributed by atoms with Gasteiger partial charge in [-0.3, -0.25) is 15.4 Å². The zero-order valence-corrected chi connectivity index (χ0v) is 21.8. The Hall–Kier alpha value is -3.43. The number of carbonyl (C=O) groups is 4. The van der Waals surface area contributed by atoms with E-state index >= 15 is 0 Å². The molecule has 0 spiro atoms. The van der Waals surface area contributed by atoms with Gasteiger partial charge in [-0.2, -0.15) is 0 Å². The van der Waals surface area contributed by atoms with Crippen LogP contribution in [0.2, 0.25) is 0 Å². The molecule has 210 valence electrons. The number of nitrogens with one attached hydrogen (secondary N) is 3. The lowest BCUT2D eigenvalue weighted by molar-refractivity contribution is -0.145. The summed E-state index contributed by atoms with van der Waals surface area (Å²) in [6, 6.07) is -2.71. The molecule has 0 fully saturated rings. The van der Waals surface area contributed by atoms with Gasteiger partial charge in [0.2, 0.25) is 17.6 Å². The molecule has 15 heteroatoms. The van der Waals surface area contributed by atoms with Crippen LogP contribution in [0.3, 0.4) is 0 Å². The highest BCUT2D eigenvalue weighted by atomic mass is 16.6. The molecule has 0 saturated heterocycles. The molecule has 0 bridgehead atoms. The number of nitrogens with zero attached hydrogens (tertiary/aromatic N) is 1. The highest BCUT2D eigenvalue weighted by Gasteiger charge is 2.44. The molecule has 0 radical (unpaired) electrons. The van der Waals surface area contributed by atoms with E-state index in [1.807, 2.05) is 0 Å². The minimum Gasteiger partial charge on any atom is -0.478 e. The van der Waals surface area contributed by atoms with Crippen molar-refractivity contribution in [3.05, 3.63) is 11.8 Å². The molecule has 37 heavy (non-hydrogen) atoms. The van der Waals surface area contributed by atoms with Crippen LogP contribution in [-0.2, 0) is 23.8 Å². The van der Waals surface area contributed by atoms with Crippen molar-refractivity contribution >= 4 is 30.0 Å². The third kappa shape index (κ3) is 11.0. The first kappa shape index (κ1) is 31.6. The van der Waals surface area contributed by atoms with Gasteiger partial charge in [0, 0.05) is 6.92 Å². The first-order valence-corrected chi connectivity index (χ1v) is 11.3. The SMILES string of the molecule is CC(=O)NC1C(N=C(NC(=O)OC(C)(C)C)NC(=O)OC(C)(C)C)C=C(C(=O)O)OC1C(O)C(O)CO. The van der Waals surface area contributed by atoms with Crippen LogP contribution in [0, 0.1) is 0 Å². The Kier molecular flexibility index (Phi) is 10.8. The van der Waals surface area contributed by atoms with E-state index in [1.54, 1.807) is 41.5 Å². The van der Waals surface area contributed by atoms with Crippen LogP contribution in [0.4, 0.5) is 9.59 Å². The van der Waals surface area contributed by atoms with Crippen LogP contribution in [0.15, 0.2) is 16.8 Å². The monoisotopic (exact) mass is 532 g/mol. The number of alkyl carbamates (subject to hydrolysis) is 2. The molecule has 0 aromatic carbocycles. The summed E-state index contributed by atoms with van der Waals surface area (Å²) in [5.74, 6) is -3.46. The number of amides is 3. The molecule has 3 amide bonds. The second-order valence-electron chi connectivity index (χ2n) is 10.1. The fourth-order valence-electron chi connectivity index (χ4n) is 3.01. The largest absolute Gasteiger partial charge is 0.478 e. The number of aliphatic hydroxyl groups is 3. The van der Waals surface area contributed by atoms with Gasteiger partial charge in [0.15, 0.2) is 0 Å². The van der Waals surface area contributed by atoms with Crippen molar-refractivity contribution in [1.29, 1.82) is 0 Å². The van der Waals surface area contributed by atoms with Gasteiger partial charge in [-0.25, -0.2) is 19.4 Å². The standard InChI is InChI=1S/C22H36N4O11/c1-10(28)23-14-11(8-13(17(31)32)35-16(14)15(30)12(29)9-27)24-18(25-19(33)36-21(2,3)4)26-20(34)37-22(5,6)7/h8,11-12,14-16,27,29-30H,9H2,1-7H3,(H,23,28)(H,31,32)(H2,24,25,26,33,34). The molecule has 0 aromatic heterocycles. The number of ether oxygens (including phenoxy) is 3. The molecule has 7 N–H and O–H groups in total. The maximum Gasteiger partial charge on any atom is 0.414 e. The molecule has 1 heterocycles. The molecule has 0 aliphatic carbocycles. The Balaban J connectivity index is 3.57. The van der Waals surface area contributed by atoms with Crippen molar-refractivity contribution in [3.8, 4) is 0 Å². The molecule has 0 aromatic rings. The minimum atomic E-state index is -1.87. The molecule has 1 aliphatic rings. The summed E-state index contributed by atoms with van der Waals surface area (Å²) >= 11 is 0. The van der Waals surface area contributed by atoms with Gasteiger partial charge in [0.25, 0.3) is 0 Å². The predicted molar refractivity (Wildman–Crippen MR) is 127 cm³/mol. The molecular formula is C22H36N4O11. The second kappa shape index (κ2) is 12.7. The number of carbonyl (C=O) groups excluding carboxylic acids is 3. The quantitative estimate of drug-likeness (QED) is 0.168. The Labute approximate surface area is 213 Å². The molecule has 5 unspecified atom stereocenters. The predicted octanol–water partition coefficient (Wildman–Crippen LogP) is -0.653. The summed E-state index contributed by atoms with van der Waals surface area (Å²) in [7, 11) is 0. The van der Waals surface area contributed by atoms with Crippen LogP contribution >= 0.6 is 0 Å². The molecule has 1 rings (SSSR count). The molecule has 5 atom stereocenters. The number of hydrogen-bond acceptors (Lipinski definition) is 11. The van der Waals surface area contributed by atoms with Crippen molar-refractivity contribution in [2.24, 2.45) is 4.99 Å². The smallest absolute Gasteiger partial charge is 0.414 e. The van der Waals surface area contributed by atoms with Crippen molar-refractivity contribution in [3.63, 3.8) is 0 Å². The van der Waals surface area contributed by atoms with Gasteiger partial charge in [-0.15, -0.1) is 0 Å². The summed E-state index contributed by atoms with van der Waals surface area (Å²) < 4.78 is 15.6. The normalized spacial score (nSPS) is 21.2. The van der Waals surface area contributed by atoms with Gasteiger partial charge < -0.3 is 40.0 Å². The van der Waals surface area contributed by atoms with E-state index < -0.39 is 84.0 Å². The maximum atomic E-state index is 12.4. The second-order valence-corrected chi connectivity index (χ2v) is 10.1. The molecular weight excluding hydrogens is 496 g/mol. The number of guanidine groups is 1. The van der Waals surface area contributed by atoms with Gasteiger partial charge in [0.1, 0.15) is 29.5 Å². The fourth-order valence-corrected chi connectivity index (χ4v) is 3.01. The van der Waals surface area contributed by atoms with E-state index in [4.69, 9.17) is 14.2 Å². The topological polar surface area (TPSA) is 225 Å². The lowest BCUT2D eigenvalue weighted by Gasteiger charge is -2.38. The fraction of sp³-hybridized carbons (Fsp3) is 0.682. The average Bonchev–Trinajstić information content (AvgIpc) is 2.70. The number of rotatable bonds is 6. The maximum absolute atomic E-state index is 12.4. The van der Waals surface area contributed by atoms with Crippen molar-refractivity contribution < 1.29 is 53.8 Å². The van der Waals surface area contributed by atoms with Gasteiger partial charge in [0.05, 0.1) is 18.7 Å². The summed E-state index contributed by atoms with van der Waals surface area (Å²) in [5, 5.41) is 46.1. The lowest BCUT2D eigenvalue weighted by Crippen LogP contribution is -2.60. The van der Waals surface area contributed by atoms with E-state index in [2.05, 4.69) is 20.9 Å². The Bertz CT molecular complexity index is 889. The first-order chi connectivity index (χ1) is 16.8. The van der Waals surface area contributed by atoms with E-state index in [9.17, 15) is 39.6 Å².